The van der Waals surface area contributed by atoms with E-state index < -0.39 is 27.2 Å². The third-order valence-electron chi connectivity index (χ3n) is 0.781. The summed E-state index contributed by atoms with van der Waals surface area (Å²) in [4.78, 5) is 20.0. The van der Waals surface area contributed by atoms with Crippen molar-refractivity contribution in [3.8, 4) is 0 Å². The van der Waals surface area contributed by atoms with Crippen molar-refractivity contribution in [1.29, 1.82) is 0 Å². The molecule has 4 N–H and O–H groups in total. The highest BCUT2D eigenvalue weighted by atomic mass is 32.2. The number of carboxylic acid groups (broad SMARTS) is 1. The molecule has 0 aliphatic carbocycles. The van der Waals surface area contributed by atoms with Gasteiger partial charge in [-0.1, -0.05) is 0 Å². The third-order valence-corrected chi connectivity index (χ3v) is 1.81. The van der Waals surface area contributed by atoms with Crippen LogP contribution in [0.4, 0.5) is 0 Å². The molecule has 0 saturated carbocycles. The van der Waals surface area contributed by atoms with E-state index in [-0.39, 0.29) is 0 Å². The van der Waals surface area contributed by atoms with Gasteiger partial charge in [-0.25, -0.2) is 0 Å². The molecule has 0 aromatic carbocycles. The lowest BCUT2D eigenvalue weighted by Crippen LogP contribution is -2.41. The number of carbonyl (C=O) groups is 2. The Morgan fingerprint density at radius 2 is 1.73 bits per heavy atom. The summed E-state index contributed by atoms with van der Waals surface area (Å²) >= 11 is 0. The monoisotopic (exact) mass is 183 g/mol. The van der Waals surface area contributed by atoms with Gasteiger partial charge in [-0.05, 0) is 0 Å². The zero-order valence-electron chi connectivity index (χ0n) is 5.09. The summed E-state index contributed by atoms with van der Waals surface area (Å²) in [6.07, 6.45) is 0. The van der Waals surface area contributed by atoms with Gasteiger partial charge in [0.15, 0.2) is 0 Å². The first-order chi connectivity index (χ1) is 4.76. The number of rotatable bonds is 3. The maximum atomic E-state index is 10.1. The maximum Gasteiger partial charge on any atom is 0.334 e. The molecule has 0 spiro atoms. The summed E-state index contributed by atoms with van der Waals surface area (Å²) in [7, 11) is -4.94. The first-order valence-corrected chi connectivity index (χ1v) is 3.75. The Bertz CT molecular complexity index is 264. The van der Waals surface area contributed by atoms with Crippen LogP contribution in [0.3, 0.4) is 0 Å². The minimum absolute atomic E-state index is 1.63. The molecular formula is C3H5NO6S. The normalized spacial score (nSPS) is 13.9. The van der Waals surface area contributed by atoms with E-state index in [4.69, 9.17) is 9.66 Å². The van der Waals surface area contributed by atoms with Gasteiger partial charge in [0.05, 0.1) is 0 Å². The van der Waals surface area contributed by atoms with Crippen molar-refractivity contribution in [2.45, 2.75) is 5.25 Å². The van der Waals surface area contributed by atoms with Crippen molar-refractivity contribution >= 4 is 22.0 Å². The molecule has 0 aliphatic rings. The van der Waals surface area contributed by atoms with Crippen LogP contribution in [0.2, 0.25) is 0 Å². The van der Waals surface area contributed by atoms with Crippen LogP contribution in [-0.4, -0.2) is 35.2 Å². The van der Waals surface area contributed by atoms with Crippen molar-refractivity contribution in [2.24, 2.45) is 5.73 Å². The molecule has 64 valence electrons. The molecule has 1 atom stereocenters. The SMILES string of the molecule is NC(=O)C(C(=O)O)S(=O)(=O)O. The van der Waals surface area contributed by atoms with E-state index in [0.717, 1.165) is 0 Å². The molecular weight excluding hydrogens is 178 g/mol. The highest BCUT2D eigenvalue weighted by Gasteiger charge is 2.36. The van der Waals surface area contributed by atoms with Gasteiger partial charge < -0.3 is 10.8 Å². The van der Waals surface area contributed by atoms with Gasteiger partial charge in [0.2, 0.25) is 5.91 Å². The van der Waals surface area contributed by atoms with Crippen molar-refractivity contribution in [3.63, 3.8) is 0 Å². The number of hydrogen-bond donors (Lipinski definition) is 3. The fraction of sp³-hybridized carbons (Fsp3) is 0.333. The van der Waals surface area contributed by atoms with E-state index in [1.54, 1.807) is 0 Å². The van der Waals surface area contributed by atoms with E-state index in [1.165, 1.54) is 0 Å². The summed E-state index contributed by atoms with van der Waals surface area (Å²) in [6, 6.07) is 0. The minimum atomic E-state index is -4.94. The molecule has 0 bridgehead atoms. The van der Waals surface area contributed by atoms with Crippen molar-refractivity contribution < 1.29 is 27.7 Å². The van der Waals surface area contributed by atoms with Crippen LogP contribution in [0.15, 0.2) is 0 Å². The number of nitrogens with two attached hydrogens (primary N) is 1. The quantitative estimate of drug-likeness (QED) is 0.336. The molecule has 11 heavy (non-hydrogen) atoms. The number of hydrogen-bond acceptors (Lipinski definition) is 4. The highest BCUT2D eigenvalue weighted by Crippen LogP contribution is 1.97. The van der Waals surface area contributed by atoms with Crippen molar-refractivity contribution in [2.75, 3.05) is 0 Å². The number of amides is 1. The topological polar surface area (TPSA) is 135 Å². The fourth-order valence-corrected chi connectivity index (χ4v) is 0.944. The molecule has 0 saturated heterocycles. The predicted molar refractivity (Wildman–Crippen MR) is 32.2 cm³/mol. The molecule has 1 unspecified atom stereocenters. The Morgan fingerprint density at radius 3 is 1.73 bits per heavy atom. The highest BCUT2D eigenvalue weighted by molar-refractivity contribution is 7.88. The molecule has 0 aromatic rings. The first-order valence-electron chi connectivity index (χ1n) is 2.25. The molecule has 0 aliphatic heterocycles. The first kappa shape index (κ1) is 9.85. The number of carbonyl (C=O) groups excluding carboxylic acids is 1. The van der Waals surface area contributed by atoms with Crippen LogP contribution in [0.5, 0.6) is 0 Å². The van der Waals surface area contributed by atoms with Gasteiger partial charge in [0.1, 0.15) is 0 Å². The van der Waals surface area contributed by atoms with Crippen molar-refractivity contribution in [1.82, 2.24) is 0 Å². The molecule has 0 fully saturated rings. The maximum absolute atomic E-state index is 10.1. The van der Waals surface area contributed by atoms with Crippen LogP contribution in [0.25, 0.3) is 0 Å². The minimum Gasteiger partial charge on any atom is -0.480 e. The summed E-state index contributed by atoms with van der Waals surface area (Å²) in [5.74, 6) is -3.62. The summed E-state index contributed by atoms with van der Waals surface area (Å²) in [5, 5.41) is 5.46. The summed E-state index contributed by atoms with van der Waals surface area (Å²) < 4.78 is 28.3. The second-order valence-corrected chi connectivity index (χ2v) is 3.14. The van der Waals surface area contributed by atoms with Gasteiger partial charge >= 0.3 is 5.97 Å². The summed E-state index contributed by atoms with van der Waals surface area (Å²) in [5.41, 5.74) is 4.36. The predicted octanol–water partition coefficient (Wildman–Crippen LogP) is -2.19. The molecule has 0 rings (SSSR count). The standard InChI is InChI=1S/C3H5NO6S/c4-2(5)1(3(6)7)11(8,9)10/h1H,(H2,4,5)(H,6,7)(H,8,9,10). The van der Waals surface area contributed by atoms with Crippen molar-refractivity contribution in [3.05, 3.63) is 0 Å². The Balaban J connectivity index is 4.94. The zero-order valence-corrected chi connectivity index (χ0v) is 5.91. The number of carboxylic acids is 1. The van der Waals surface area contributed by atoms with Crippen LogP contribution >= 0.6 is 0 Å². The number of primary amides is 1. The Morgan fingerprint density at radius 1 is 1.36 bits per heavy atom. The third kappa shape index (κ3) is 2.51. The number of aliphatic carboxylic acids is 1. The molecule has 8 heteroatoms. The van der Waals surface area contributed by atoms with Gasteiger partial charge in [-0.15, -0.1) is 0 Å². The molecule has 0 radical (unpaired) electrons. The van der Waals surface area contributed by atoms with Gasteiger partial charge in [-0.3, -0.25) is 14.1 Å². The smallest absolute Gasteiger partial charge is 0.334 e. The van der Waals surface area contributed by atoms with Crippen LogP contribution in [0.1, 0.15) is 0 Å². The lowest BCUT2D eigenvalue weighted by molar-refractivity contribution is -0.139. The van der Waals surface area contributed by atoms with E-state index in [0.29, 0.717) is 0 Å². The average molecular weight is 183 g/mol. The van der Waals surface area contributed by atoms with Crippen LogP contribution < -0.4 is 5.73 Å². The fourth-order valence-electron chi connectivity index (χ4n) is 0.396. The molecule has 7 nitrogen and oxygen atoms in total. The van der Waals surface area contributed by atoms with E-state index in [2.05, 4.69) is 5.73 Å². The Labute approximate surface area is 61.6 Å². The van der Waals surface area contributed by atoms with Gasteiger partial charge in [0, 0.05) is 0 Å². The van der Waals surface area contributed by atoms with Crippen LogP contribution in [-0.2, 0) is 19.7 Å². The Kier molecular flexibility index (Phi) is 2.55. The van der Waals surface area contributed by atoms with Gasteiger partial charge in [-0.2, -0.15) is 8.42 Å². The lowest BCUT2D eigenvalue weighted by Gasteiger charge is -2.02. The molecule has 1 amide bonds. The van der Waals surface area contributed by atoms with E-state index in [9.17, 15) is 18.0 Å². The van der Waals surface area contributed by atoms with E-state index in [1.807, 2.05) is 0 Å². The lowest BCUT2D eigenvalue weighted by atomic mass is 10.4. The molecule has 0 aromatic heterocycles. The van der Waals surface area contributed by atoms with Gasteiger partial charge in [0.25, 0.3) is 15.4 Å². The zero-order chi connectivity index (χ0) is 9.23. The Hall–Kier alpha value is -1.15. The summed E-state index contributed by atoms with van der Waals surface area (Å²) in [6.45, 7) is 0. The van der Waals surface area contributed by atoms with E-state index >= 15 is 0 Å². The second kappa shape index (κ2) is 2.84. The molecule has 0 heterocycles. The van der Waals surface area contributed by atoms with Crippen LogP contribution in [0, 0.1) is 0 Å². The second-order valence-electron chi connectivity index (χ2n) is 1.64. The largest absolute Gasteiger partial charge is 0.480 e. The average Bonchev–Trinajstić information content (AvgIpc) is 1.54.